The summed E-state index contributed by atoms with van der Waals surface area (Å²) >= 11 is 3.83. The summed E-state index contributed by atoms with van der Waals surface area (Å²) in [5.74, 6) is 3.82. The minimum absolute atomic E-state index is 0.135. The Labute approximate surface area is 177 Å². The van der Waals surface area contributed by atoms with Crippen molar-refractivity contribution in [1.82, 2.24) is 10.1 Å². The average Bonchev–Trinajstić information content (AvgIpc) is 3.45. The molecule has 0 amide bonds. The fourth-order valence-electron chi connectivity index (χ4n) is 2.91. The summed E-state index contributed by atoms with van der Waals surface area (Å²) in [6, 6.07) is 15.3. The molecule has 29 heavy (non-hydrogen) atoms. The highest BCUT2D eigenvalue weighted by atomic mass is 32.2. The van der Waals surface area contributed by atoms with E-state index < -0.39 is 0 Å². The smallest absolute Gasteiger partial charge is 0.311 e. The molecule has 150 valence electrons. The van der Waals surface area contributed by atoms with Crippen LogP contribution in [0.1, 0.15) is 22.5 Å². The molecule has 0 N–H and O–H groups in total. The van der Waals surface area contributed by atoms with Gasteiger partial charge in [-0.15, -0.1) is 23.5 Å². The van der Waals surface area contributed by atoms with Gasteiger partial charge in [0.15, 0.2) is 11.5 Å². The van der Waals surface area contributed by atoms with Crippen LogP contribution in [0.3, 0.4) is 0 Å². The Balaban J connectivity index is 1.35. The van der Waals surface area contributed by atoms with E-state index in [2.05, 4.69) is 10.1 Å². The summed E-state index contributed by atoms with van der Waals surface area (Å²) in [6.07, 6.45) is 0.448. The Morgan fingerprint density at radius 1 is 1.14 bits per heavy atom. The normalized spacial score (nSPS) is 14.1. The van der Waals surface area contributed by atoms with Crippen LogP contribution in [0, 0.1) is 0 Å². The van der Waals surface area contributed by atoms with Crippen molar-refractivity contribution in [2.75, 3.05) is 18.6 Å². The third-order valence-electron chi connectivity index (χ3n) is 4.35. The number of hydrogen-bond acceptors (Lipinski definition) is 8. The maximum atomic E-state index is 12.3. The van der Waals surface area contributed by atoms with Gasteiger partial charge < -0.3 is 14.0 Å². The number of benzene rings is 2. The van der Waals surface area contributed by atoms with Gasteiger partial charge in [-0.3, -0.25) is 4.79 Å². The van der Waals surface area contributed by atoms with Crippen LogP contribution in [-0.2, 0) is 11.2 Å². The second-order valence-electron chi connectivity index (χ2n) is 6.34. The third-order valence-corrected chi connectivity index (χ3v) is 7.45. The summed E-state index contributed by atoms with van der Waals surface area (Å²) in [5.41, 5.74) is 2.04. The SMILES string of the molecule is COc1cc(C2SCCS2)ccc1OC(=O)CCc1nc(-c2ccccc2)no1. The number of carbonyl (C=O) groups excluding carboxylic acids is 1. The molecular weight excluding hydrogens is 408 g/mol. The summed E-state index contributed by atoms with van der Waals surface area (Å²) in [4.78, 5) is 16.6. The number of hydrogen-bond donors (Lipinski definition) is 0. The predicted octanol–water partition coefficient (Wildman–Crippen LogP) is 4.76. The van der Waals surface area contributed by atoms with Gasteiger partial charge in [0.25, 0.3) is 0 Å². The fraction of sp³-hybridized carbons (Fsp3) is 0.286. The van der Waals surface area contributed by atoms with Crippen molar-refractivity contribution in [2.45, 2.75) is 17.4 Å². The number of aryl methyl sites for hydroxylation is 1. The van der Waals surface area contributed by atoms with E-state index >= 15 is 0 Å². The summed E-state index contributed by atoms with van der Waals surface area (Å²) in [6.45, 7) is 0. The van der Waals surface area contributed by atoms with Crippen LogP contribution in [0.2, 0.25) is 0 Å². The number of carbonyl (C=O) groups is 1. The Morgan fingerprint density at radius 3 is 2.69 bits per heavy atom. The van der Waals surface area contributed by atoms with Gasteiger partial charge in [-0.2, -0.15) is 4.98 Å². The van der Waals surface area contributed by atoms with Crippen LogP contribution in [0.15, 0.2) is 53.1 Å². The Hall–Kier alpha value is -2.45. The number of nitrogens with zero attached hydrogens (tertiary/aromatic N) is 2. The zero-order chi connectivity index (χ0) is 20.1. The van der Waals surface area contributed by atoms with Crippen molar-refractivity contribution in [3.8, 4) is 22.9 Å². The molecule has 0 radical (unpaired) electrons. The van der Waals surface area contributed by atoms with Crippen LogP contribution in [0.5, 0.6) is 11.5 Å². The lowest BCUT2D eigenvalue weighted by Gasteiger charge is -2.13. The quantitative estimate of drug-likeness (QED) is 0.394. The van der Waals surface area contributed by atoms with Crippen molar-refractivity contribution < 1.29 is 18.8 Å². The predicted molar refractivity (Wildman–Crippen MR) is 114 cm³/mol. The van der Waals surface area contributed by atoms with E-state index in [-0.39, 0.29) is 12.4 Å². The average molecular weight is 429 g/mol. The van der Waals surface area contributed by atoms with Gasteiger partial charge in [0.2, 0.25) is 11.7 Å². The molecule has 2 aromatic carbocycles. The molecular formula is C21H20N2O4S2. The molecule has 2 heterocycles. The van der Waals surface area contributed by atoms with E-state index in [9.17, 15) is 4.79 Å². The van der Waals surface area contributed by atoms with E-state index in [0.29, 0.717) is 34.2 Å². The van der Waals surface area contributed by atoms with E-state index in [0.717, 1.165) is 17.1 Å². The topological polar surface area (TPSA) is 74.5 Å². The van der Waals surface area contributed by atoms with Gasteiger partial charge in [0.1, 0.15) is 0 Å². The lowest BCUT2D eigenvalue weighted by Crippen LogP contribution is -2.10. The van der Waals surface area contributed by atoms with Crippen molar-refractivity contribution in [1.29, 1.82) is 0 Å². The first-order valence-corrected chi connectivity index (χ1v) is 11.3. The largest absolute Gasteiger partial charge is 0.493 e. The molecule has 1 aromatic heterocycles. The molecule has 0 atom stereocenters. The zero-order valence-electron chi connectivity index (χ0n) is 15.9. The number of ether oxygens (including phenoxy) is 2. The lowest BCUT2D eigenvalue weighted by atomic mass is 10.2. The van der Waals surface area contributed by atoms with Crippen LogP contribution in [0.25, 0.3) is 11.4 Å². The number of esters is 1. The Kier molecular flexibility index (Phi) is 6.41. The number of methoxy groups -OCH3 is 1. The van der Waals surface area contributed by atoms with Crippen LogP contribution in [-0.4, -0.2) is 34.7 Å². The summed E-state index contributed by atoms with van der Waals surface area (Å²) < 4.78 is 16.6. The van der Waals surface area contributed by atoms with E-state index in [1.54, 1.807) is 13.2 Å². The van der Waals surface area contributed by atoms with E-state index in [1.165, 1.54) is 5.56 Å². The standard InChI is InChI=1S/C21H20N2O4S2/c1-25-17-13-15(21-28-11-12-29-21)7-8-16(17)26-19(24)10-9-18-22-20(23-27-18)14-5-3-2-4-6-14/h2-8,13,21H,9-12H2,1H3. The van der Waals surface area contributed by atoms with Crippen LogP contribution >= 0.6 is 23.5 Å². The fourth-order valence-corrected chi connectivity index (χ4v) is 5.75. The molecule has 0 aliphatic carbocycles. The first-order valence-electron chi connectivity index (χ1n) is 9.23. The molecule has 0 saturated carbocycles. The molecule has 8 heteroatoms. The van der Waals surface area contributed by atoms with Gasteiger partial charge in [-0.05, 0) is 17.7 Å². The Bertz CT molecular complexity index is 972. The monoisotopic (exact) mass is 428 g/mol. The second kappa shape index (κ2) is 9.37. The Morgan fingerprint density at radius 2 is 1.93 bits per heavy atom. The first-order chi connectivity index (χ1) is 14.2. The minimum Gasteiger partial charge on any atom is -0.493 e. The molecule has 6 nitrogen and oxygen atoms in total. The molecule has 1 aliphatic rings. The number of rotatable bonds is 7. The third kappa shape index (κ3) is 4.94. The highest BCUT2D eigenvalue weighted by Gasteiger charge is 2.21. The molecule has 1 saturated heterocycles. The summed E-state index contributed by atoms with van der Waals surface area (Å²) in [7, 11) is 1.58. The first kappa shape index (κ1) is 19.8. The molecule has 1 aliphatic heterocycles. The van der Waals surface area contributed by atoms with Crippen molar-refractivity contribution in [3.05, 3.63) is 60.0 Å². The molecule has 0 spiro atoms. The highest BCUT2D eigenvalue weighted by Crippen LogP contribution is 2.46. The zero-order valence-corrected chi connectivity index (χ0v) is 17.5. The maximum Gasteiger partial charge on any atom is 0.311 e. The lowest BCUT2D eigenvalue weighted by molar-refractivity contribution is -0.134. The van der Waals surface area contributed by atoms with Crippen molar-refractivity contribution in [3.63, 3.8) is 0 Å². The van der Waals surface area contributed by atoms with Crippen LogP contribution < -0.4 is 9.47 Å². The molecule has 0 bridgehead atoms. The summed E-state index contributed by atoms with van der Waals surface area (Å²) in [5, 5.41) is 3.96. The van der Waals surface area contributed by atoms with Gasteiger partial charge >= 0.3 is 5.97 Å². The molecule has 1 fully saturated rings. The van der Waals surface area contributed by atoms with Gasteiger partial charge in [-0.25, -0.2) is 0 Å². The minimum atomic E-state index is -0.375. The van der Waals surface area contributed by atoms with Gasteiger partial charge in [0, 0.05) is 23.5 Å². The number of thioether (sulfide) groups is 2. The van der Waals surface area contributed by atoms with Gasteiger partial charge in [-0.1, -0.05) is 41.6 Å². The van der Waals surface area contributed by atoms with E-state index in [4.69, 9.17) is 14.0 Å². The van der Waals surface area contributed by atoms with Crippen molar-refractivity contribution in [2.24, 2.45) is 0 Å². The second-order valence-corrected chi connectivity index (χ2v) is 9.06. The molecule has 3 aromatic rings. The maximum absolute atomic E-state index is 12.3. The highest BCUT2D eigenvalue weighted by molar-refractivity contribution is 8.19. The number of aromatic nitrogens is 2. The van der Waals surface area contributed by atoms with E-state index in [1.807, 2.05) is 66.0 Å². The van der Waals surface area contributed by atoms with Gasteiger partial charge in [0.05, 0.1) is 18.1 Å². The van der Waals surface area contributed by atoms with Crippen LogP contribution in [0.4, 0.5) is 0 Å². The van der Waals surface area contributed by atoms with Crippen molar-refractivity contribution >= 4 is 29.5 Å². The molecule has 0 unspecified atom stereocenters. The molecule has 4 rings (SSSR count).